The quantitative estimate of drug-likeness (QED) is 0.255. The van der Waals surface area contributed by atoms with Crippen LogP contribution in [0, 0.1) is 0 Å². The first-order valence-electron chi connectivity index (χ1n) is 10.3. The summed E-state index contributed by atoms with van der Waals surface area (Å²) in [5, 5.41) is 11.9. The molecule has 0 fully saturated rings. The number of rotatable bonds is 7. The normalized spacial score (nSPS) is 12.1. The van der Waals surface area contributed by atoms with E-state index >= 15 is 0 Å². The Hall–Kier alpha value is -2.99. The van der Waals surface area contributed by atoms with Crippen LogP contribution < -0.4 is 10.3 Å². The van der Waals surface area contributed by atoms with Crippen molar-refractivity contribution in [1.82, 2.24) is 4.98 Å². The molecular weight excluding hydrogens is 394 g/mol. The lowest BCUT2D eigenvalue weighted by molar-refractivity contribution is -0.137. The molecule has 5 nitrogen and oxygen atoms in total. The van der Waals surface area contributed by atoms with E-state index in [1.807, 2.05) is 12.1 Å². The van der Waals surface area contributed by atoms with E-state index < -0.39 is 5.97 Å². The fourth-order valence-corrected chi connectivity index (χ4v) is 4.83. The zero-order valence-corrected chi connectivity index (χ0v) is 18.1. The first kappa shape index (κ1) is 20.3. The monoisotopic (exact) mass is 419 g/mol. The Bertz CT molecular complexity index is 1240. The van der Waals surface area contributed by atoms with Gasteiger partial charge in [0.2, 0.25) is 0 Å². The fraction of sp³-hybridized carbons (Fsp3) is 0.292. The highest BCUT2D eigenvalue weighted by Gasteiger charge is 2.14. The minimum atomic E-state index is -0.782. The average molecular weight is 420 g/mol. The SMILES string of the molecule is CCN(CC)c1ccc2nc3c4ccccc4c(=NCCCC(=O)O)cc-3sc2c1. The van der Waals surface area contributed by atoms with Crippen LogP contribution in [0.4, 0.5) is 5.69 Å². The average Bonchev–Trinajstić information content (AvgIpc) is 2.76. The number of aromatic nitrogens is 1. The van der Waals surface area contributed by atoms with Crippen molar-refractivity contribution in [3.05, 3.63) is 53.9 Å². The third kappa shape index (κ3) is 4.00. The maximum Gasteiger partial charge on any atom is 0.303 e. The summed E-state index contributed by atoms with van der Waals surface area (Å²) in [4.78, 5) is 23.9. The zero-order valence-electron chi connectivity index (χ0n) is 17.3. The number of fused-ring (bicyclic) bond motifs is 4. The number of hydrogen-bond acceptors (Lipinski definition) is 5. The molecule has 0 unspecified atom stereocenters. The van der Waals surface area contributed by atoms with Crippen LogP contribution in [0.3, 0.4) is 0 Å². The minimum absolute atomic E-state index is 0.137. The molecule has 0 saturated heterocycles. The molecule has 0 radical (unpaired) electrons. The highest BCUT2D eigenvalue weighted by molar-refractivity contribution is 7.21. The van der Waals surface area contributed by atoms with Crippen molar-refractivity contribution in [2.75, 3.05) is 24.5 Å². The number of aliphatic carboxylic acids is 1. The van der Waals surface area contributed by atoms with E-state index in [-0.39, 0.29) is 6.42 Å². The van der Waals surface area contributed by atoms with Gasteiger partial charge in [0.05, 0.1) is 26.1 Å². The van der Waals surface area contributed by atoms with Gasteiger partial charge in [0.15, 0.2) is 0 Å². The van der Waals surface area contributed by atoms with Crippen LogP contribution in [0.5, 0.6) is 0 Å². The largest absolute Gasteiger partial charge is 0.481 e. The molecule has 1 aliphatic heterocycles. The van der Waals surface area contributed by atoms with Gasteiger partial charge in [0, 0.05) is 42.5 Å². The van der Waals surface area contributed by atoms with E-state index in [4.69, 9.17) is 15.1 Å². The molecule has 1 N–H and O–H groups in total. The molecule has 1 aliphatic carbocycles. The maximum absolute atomic E-state index is 10.8. The standard InChI is InChI=1S/C24H25N3O2S/c1-3-27(4-2)16-11-12-19-21(14-16)30-22-15-20(25-13-7-10-23(28)29)17-8-5-6-9-18(17)24(22)26-19/h5-6,8-9,11-12,14-15H,3-4,7,10,13H2,1-2H3,(H,28,29). The number of anilines is 1. The van der Waals surface area contributed by atoms with E-state index in [0.29, 0.717) is 13.0 Å². The van der Waals surface area contributed by atoms with Crippen molar-refractivity contribution >= 4 is 44.0 Å². The molecule has 154 valence electrons. The van der Waals surface area contributed by atoms with Crippen LogP contribution >= 0.6 is 11.3 Å². The van der Waals surface area contributed by atoms with E-state index in [1.165, 1.54) is 5.69 Å². The molecule has 0 amide bonds. The first-order chi connectivity index (χ1) is 14.6. The molecule has 30 heavy (non-hydrogen) atoms. The van der Waals surface area contributed by atoms with Crippen LogP contribution in [-0.4, -0.2) is 35.7 Å². The van der Waals surface area contributed by atoms with Gasteiger partial charge in [-0.25, -0.2) is 4.98 Å². The second kappa shape index (κ2) is 8.79. The van der Waals surface area contributed by atoms with Crippen LogP contribution in [0.1, 0.15) is 26.7 Å². The number of carbonyl (C=O) groups is 1. The van der Waals surface area contributed by atoms with Gasteiger partial charge >= 0.3 is 5.97 Å². The van der Waals surface area contributed by atoms with Gasteiger partial charge in [-0.05, 0) is 44.5 Å². The van der Waals surface area contributed by atoms with Crippen molar-refractivity contribution in [3.8, 4) is 10.6 Å². The Morgan fingerprint density at radius 1 is 1.10 bits per heavy atom. The van der Waals surface area contributed by atoms with Crippen molar-refractivity contribution < 1.29 is 9.90 Å². The van der Waals surface area contributed by atoms with Gasteiger partial charge in [-0.15, -0.1) is 11.3 Å². The second-order valence-corrected chi connectivity index (χ2v) is 8.29. The Morgan fingerprint density at radius 3 is 2.60 bits per heavy atom. The summed E-state index contributed by atoms with van der Waals surface area (Å²) in [6, 6.07) is 16.8. The number of benzene rings is 3. The molecule has 2 aliphatic rings. The van der Waals surface area contributed by atoms with E-state index in [1.54, 1.807) is 11.3 Å². The highest BCUT2D eigenvalue weighted by Crippen LogP contribution is 2.35. The van der Waals surface area contributed by atoms with Crippen LogP contribution in [0.25, 0.3) is 31.6 Å². The number of carboxylic acids is 1. The van der Waals surface area contributed by atoms with Crippen LogP contribution in [0.15, 0.2) is 53.5 Å². The highest BCUT2D eigenvalue weighted by atomic mass is 32.1. The van der Waals surface area contributed by atoms with Crippen molar-refractivity contribution in [2.24, 2.45) is 4.99 Å². The third-order valence-corrected chi connectivity index (χ3v) is 6.39. The van der Waals surface area contributed by atoms with Gasteiger partial charge in [-0.3, -0.25) is 9.79 Å². The van der Waals surface area contributed by atoms with Crippen LogP contribution in [-0.2, 0) is 4.79 Å². The lowest BCUT2D eigenvalue weighted by Gasteiger charge is -2.21. The molecule has 0 spiro atoms. The lowest BCUT2D eigenvalue weighted by Crippen LogP contribution is -2.21. The van der Waals surface area contributed by atoms with Crippen molar-refractivity contribution in [3.63, 3.8) is 0 Å². The van der Waals surface area contributed by atoms with Crippen molar-refractivity contribution in [2.45, 2.75) is 26.7 Å². The summed E-state index contributed by atoms with van der Waals surface area (Å²) in [5.41, 5.74) is 3.20. The minimum Gasteiger partial charge on any atom is -0.481 e. The lowest BCUT2D eigenvalue weighted by atomic mass is 10.1. The predicted molar refractivity (Wildman–Crippen MR) is 125 cm³/mol. The number of hydrogen-bond donors (Lipinski definition) is 1. The number of nitrogens with zero attached hydrogens (tertiary/aromatic N) is 3. The summed E-state index contributed by atoms with van der Waals surface area (Å²) in [7, 11) is 0. The Kier molecular flexibility index (Phi) is 5.95. The Balaban J connectivity index is 1.88. The zero-order chi connectivity index (χ0) is 21.1. The maximum atomic E-state index is 10.8. The van der Waals surface area contributed by atoms with Gasteiger partial charge in [0.1, 0.15) is 0 Å². The van der Waals surface area contributed by atoms with E-state index in [9.17, 15) is 4.79 Å². The molecule has 2 aromatic rings. The molecule has 6 heteroatoms. The Morgan fingerprint density at radius 2 is 1.87 bits per heavy atom. The van der Waals surface area contributed by atoms with E-state index in [2.05, 4.69) is 55.1 Å². The predicted octanol–water partition coefficient (Wildman–Crippen LogP) is 5.17. The summed E-state index contributed by atoms with van der Waals surface area (Å²) >= 11 is 1.73. The summed E-state index contributed by atoms with van der Waals surface area (Å²) in [6.07, 6.45) is 0.673. The molecular formula is C24H25N3O2S. The topological polar surface area (TPSA) is 65.8 Å². The van der Waals surface area contributed by atoms with E-state index in [0.717, 1.165) is 50.0 Å². The molecule has 4 rings (SSSR count). The summed E-state index contributed by atoms with van der Waals surface area (Å²) < 4.78 is 1.15. The van der Waals surface area contributed by atoms with Gasteiger partial charge in [0.25, 0.3) is 0 Å². The van der Waals surface area contributed by atoms with Gasteiger partial charge in [-0.1, -0.05) is 24.3 Å². The number of carboxylic acid groups (broad SMARTS) is 1. The fourth-order valence-electron chi connectivity index (χ4n) is 3.77. The molecule has 1 heterocycles. The molecule has 0 bridgehead atoms. The first-order valence-corrected chi connectivity index (χ1v) is 11.2. The molecule has 0 atom stereocenters. The molecule has 0 aromatic heterocycles. The smallest absolute Gasteiger partial charge is 0.303 e. The van der Waals surface area contributed by atoms with Gasteiger partial charge in [-0.2, -0.15) is 0 Å². The van der Waals surface area contributed by atoms with Crippen LogP contribution in [0.2, 0.25) is 0 Å². The van der Waals surface area contributed by atoms with Gasteiger partial charge < -0.3 is 10.0 Å². The molecule has 0 saturated carbocycles. The Labute approximate surface area is 179 Å². The summed E-state index contributed by atoms with van der Waals surface area (Å²) in [5.74, 6) is -0.782. The second-order valence-electron chi connectivity index (χ2n) is 7.21. The molecule has 2 aromatic carbocycles. The third-order valence-electron chi connectivity index (χ3n) is 5.31. The summed E-state index contributed by atoms with van der Waals surface area (Å²) in [6.45, 7) is 6.77. The van der Waals surface area contributed by atoms with Crippen molar-refractivity contribution in [1.29, 1.82) is 0 Å².